The van der Waals surface area contributed by atoms with Gasteiger partial charge in [-0.3, -0.25) is 14.4 Å². The second-order valence-electron chi connectivity index (χ2n) is 15.6. The highest BCUT2D eigenvalue weighted by Crippen LogP contribution is 2.14. The van der Waals surface area contributed by atoms with Gasteiger partial charge in [-0.1, -0.05) is 190 Å². The lowest BCUT2D eigenvalue weighted by molar-refractivity contribution is -0.167. The van der Waals surface area contributed by atoms with Crippen LogP contribution >= 0.6 is 0 Å². The minimum atomic E-state index is -0.789. The summed E-state index contributed by atoms with van der Waals surface area (Å²) >= 11 is 0. The third kappa shape index (κ3) is 44.0. The standard InChI is InChI=1S/C52H88O6/c1-4-7-10-13-16-19-22-24-26-27-29-30-33-36-39-42-45-51(54)57-48-49(47-56-50(53)44-41-38-35-32-21-18-15-12-9-6-3)58-52(55)46-43-40-37-34-31-28-25-23-20-17-14-11-8-5-2/h7-8,10-11,16-17,19-20,24-26,28,49H,4-6,9,12-15,18,21-23,27,29-48H2,1-3H3/b10-7-,11-8-,19-16-,20-17-,26-24-,28-25-. The molecule has 0 saturated carbocycles. The van der Waals surface area contributed by atoms with Crippen molar-refractivity contribution in [1.29, 1.82) is 0 Å². The largest absolute Gasteiger partial charge is 0.462 e. The number of unbranched alkanes of at least 4 members (excludes halogenated alkanes) is 19. The van der Waals surface area contributed by atoms with E-state index in [1.54, 1.807) is 0 Å². The maximum absolute atomic E-state index is 12.7. The maximum Gasteiger partial charge on any atom is 0.306 e. The summed E-state index contributed by atoms with van der Waals surface area (Å²) in [5.41, 5.74) is 0. The Balaban J connectivity index is 4.42. The molecule has 0 saturated heterocycles. The van der Waals surface area contributed by atoms with Gasteiger partial charge in [0.05, 0.1) is 0 Å². The summed E-state index contributed by atoms with van der Waals surface area (Å²) in [7, 11) is 0. The summed E-state index contributed by atoms with van der Waals surface area (Å²) < 4.78 is 16.7. The van der Waals surface area contributed by atoms with Crippen molar-refractivity contribution in [3.8, 4) is 0 Å². The van der Waals surface area contributed by atoms with Crippen molar-refractivity contribution < 1.29 is 28.6 Å². The van der Waals surface area contributed by atoms with Gasteiger partial charge in [0.2, 0.25) is 0 Å². The number of carbonyl (C=O) groups is 3. The van der Waals surface area contributed by atoms with Gasteiger partial charge < -0.3 is 14.2 Å². The molecule has 0 amide bonds. The molecule has 0 aliphatic carbocycles. The molecule has 0 aliphatic rings. The number of allylic oxidation sites excluding steroid dienone is 12. The monoisotopic (exact) mass is 809 g/mol. The highest BCUT2D eigenvalue weighted by atomic mass is 16.6. The van der Waals surface area contributed by atoms with Crippen LogP contribution in [0.3, 0.4) is 0 Å². The van der Waals surface area contributed by atoms with Crippen LogP contribution in [-0.4, -0.2) is 37.2 Å². The Labute approximate surface area is 357 Å². The summed E-state index contributed by atoms with van der Waals surface area (Å²) in [6.07, 6.45) is 57.4. The Bertz CT molecular complexity index is 1110. The van der Waals surface area contributed by atoms with E-state index in [2.05, 4.69) is 93.7 Å². The van der Waals surface area contributed by atoms with Gasteiger partial charge in [-0.25, -0.2) is 0 Å². The van der Waals surface area contributed by atoms with Crippen molar-refractivity contribution in [3.05, 3.63) is 72.9 Å². The molecule has 0 aromatic carbocycles. The molecule has 0 aliphatic heterocycles. The van der Waals surface area contributed by atoms with Crippen molar-refractivity contribution >= 4 is 17.9 Å². The van der Waals surface area contributed by atoms with E-state index in [0.717, 1.165) is 116 Å². The van der Waals surface area contributed by atoms with E-state index in [1.807, 2.05) is 0 Å². The third-order valence-electron chi connectivity index (χ3n) is 9.96. The highest BCUT2D eigenvalue weighted by molar-refractivity contribution is 5.71. The first kappa shape index (κ1) is 54.9. The fraction of sp³-hybridized carbons (Fsp3) is 0.712. The molecule has 58 heavy (non-hydrogen) atoms. The molecule has 1 unspecified atom stereocenters. The fourth-order valence-corrected chi connectivity index (χ4v) is 6.41. The van der Waals surface area contributed by atoms with Gasteiger partial charge in [-0.05, 0) is 83.5 Å². The van der Waals surface area contributed by atoms with E-state index >= 15 is 0 Å². The Kier molecular flexibility index (Phi) is 44.0. The number of ether oxygens (including phenoxy) is 3. The van der Waals surface area contributed by atoms with E-state index in [-0.39, 0.29) is 31.1 Å². The average Bonchev–Trinajstić information content (AvgIpc) is 3.22. The van der Waals surface area contributed by atoms with E-state index in [4.69, 9.17) is 14.2 Å². The van der Waals surface area contributed by atoms with Gasteiger partial charge in [-0.15, -0.1) is 0 Å². The molecule has 1 atom stereocenters. The van der Waals surface area contributed by atoms with E-state index in [1.165, 1.54) is 64.2 Å². The predicted molar refractivity (Wildman–Crippen MR) is 247 cm³/mol. The molecule has 6 heteroatoms. The minimum absolute atomic E-state index is 0.0882. The number of carbonyl (C=O) groups excluding carboxylic acids is 3. The molecule has 0 N–H and O–H groups in total. The van der Waals surface area contributed by atoms with Gasteiger partial charge in [0.25, 0.3) is 0 Å². The van der Waals surface area contributed by atoms with Crippen molar-refractivity contribution in [3.63, 3.8) is 0 Å². The summed E-state index contributed by atoms with van der Waals surface area (Å²) in [5.74, 6) is -0.928. The molecule has 0 aromatic heterocycles. The van der Waals surface area contributed by atoms with Crippen molar-refractivity contribution in [2.45, 2.75) is 226 Å². The van der Waals surface area contributed by atoms with Gasteiger partial charge in [0, 0.05) is 19.3 Å². The molecular weight excluding hydrogens is 721 g/mol. The molecule has 0 heterocycles. The molecule has 0 rings (SSSR count). The smallest absolute Gasteiger partial charge is 0.306 e. The molecule has 0 aromatic rings. The zero-order chi connectivity index (χ0) is 42.3. The third-order valence-corrected chi connectivity index (χ3v) is 9.96. The van der Waals surface area contributed by atoms with Crippen LogP contribution in [0.2, 0.25) is 0 Å². The summed E-state index contributed by atoms with van der Waals surface area (Å²) in [5, 5.41) is 0. The minimum Gasteiger partial charge on any atom is -0.462 e. The first-order valence-electron chi connectivity index (χ1n) is 23.9. The maximum atomic E-state index is 12.7. The van der Waals surface area contributed by atoms with Crippen LogP contribution in [0.4, 0.5) is 0 Å². The fourth-order valence-electron chi connectivity index (χ4n) is 6.41. The van der Waals surface area contributed by atoms with E-state index < -0.39 is 6.10 Å². The van der Waals surface area contributed by atoms with Crippen molar-refractivity contribution in [2.24, 2.45) is 0 Å². The normalized spacial score (nSPS) is 12.7. The summed E-state index contributed by atoms with van der Waals surface area (Å²) in [6.45, 7) is 6.36. The van der Waals surface area contributed by atoms with Crippen LogP contribution in [0, 0.1) is 0 Å². The zero-order valence-electron chi connectivity index (χ0n) is 37.8. The number of hydrogen-bond acceptors (Lipinski definition) is 6. The molecular formula is C52H88O6. The Morgan fingerprint density at radius 3 is 1.05 bits per heavy atom. The quantitative estimate of drug-likeness (QED) is 0.0264. The first-order chi connectivity index (χ1) is 28.5. The Morgan fingerprint density at radius 2 is 0.672 bits per heavy atom. The molecule has 332 valence electrons. The van der Waals surface area contributed by atoms with E-state index in [9.17, 15) is 14.4 Å². The first-order valence-corrected chi connectivity index (χ1v) is 23.9. The van der Waals surface area contributed by atoms with Crippen LogP contribution in [0.5, 0.6) is 0 Å². The number of rotatable bonds is 42. The van der Waals surface area contributed by atoms with Crippen LogP contribution in [0.1, 0.15) is 220 Å². The zero-order valence-corrected chi connectivity index (χ0v) is 37.8. The van der Waals surface area contributed by atoms with Gasteiger partial charge in [0.1, 0.15) is 13.2 Å². The lowest BCUT2D eigenvalue weighted by Crippen LogP contribution is -2.30. The van der Waals surface area contributed by atoms with Crippen LogP contribution < -0.4 is 0 Å². The molecule has 0 spiro atoms. The second-order valence-corrected chi connectivity index (χ2v) is 15.6. The lowest BCUT2D eigenvalue weighted by Gasteiger charge is -2.18. The van der Waals surface area contributed by atoms with Crippen molar-refractivity contribution in [2.75, 3.05) is 13.2 Å². The second kappa shape index (κ2) is 46.5. The predicted octanol–water partition coefficient (Wildman–Crippen LogP) is 15.5. The summed E-state index contributed by atoms with van der Waals surface area (Å²) in [4.78, 5) is 37.8. The van der Waals surface area contributed by atoms with Crippen LogP contribution in [0.15, 0.2) is 72.9 Å². The van der Waals surface area contributed by atoms with Gasteiger partial charge >= 0.3 is 17.9 Å². The molecule has 0 fully saturated rings. The molecule has 0 bridgehead atoms. The topological polar surface area (TPSA) is 78.9 Å². The van der Waals surface area contributed by atoms with Gasteiger partial charge in [-0.2, -0.15) is 0 Å². The summed E-state index contributed by atoms with van der Waals surface area (Å²) in [6, 6.07) is 0. The van der Waals surface area contributed by atoms with Crippen LogP contribution in [0.25, 0.3) is 0 Å². The van der Waals surface area contributed by atoms with Crippen molar-refractivity contribution in [1.82, 2.24) is 0 Å². The number of hydrogen-bond donors (Lipinski definition) is 0. The van der Waals surface area contributed by atoms with Crippen LogP contribution in [-0.2, 0) is 28.6 Å². The molecule has 6 nitrogen and oxygen atoms in total. The average molecular weight is 809 g/mol. The Hall–Kier alpha value is -3.15. The van der Waals surface area contributed by atoms with E-state index in [0.29, 0.717) is 19.3 Å². The number of esters is 3. The lowest BCUT2D eigenvalue weighted by atomic mass is 10.1. The van der Waals surface area contributed by atoms with Gasteiger partial charge in [0.15, 0.2) is 6.10 Å². The Morgan fingerprint density at radius 1 is 0.362 bits per heavy atom. The highest BCUT2D eigenvalue weighted by Gasteiger charge is 2.19. The molecule has 0 radical (unpaired) electrons. The SMILES string of the molecule is CC/C=C\C/C=C\C/C=C\CCCCCCCCC(=O)OCC(COC(=O)CCCCCCCCCCCC)OC(=O)CCCCCC/C=C\C/C=C\C/C=C\CC.